The van der Waals surface area contributed by atoms with Gasteiger partial charge in [0.1, 0.15) is 0 Å². The Morgan fingerprint density at radius 2 is 2.05 bits per heavy atom. The highest BCUT2D eigenvalue weighted by molar-refractivity contribution is 5.93. The number of aliphatic hydroxyl groups excluding tert-OH is 1. The summed E-state index contributed by atoms with van der Waals surface area (Å²) in [5.74, 6) is 0.0599. The van der Waals surface area contributed by atoms with Gasteiger partial charge in [-0.15, -0.1) is 0 Å². The second-order valence-corrected chi connectivity index (χ2v) is 5.80. The molecule has 110 valence electrons. The number of aromatic nitrogens is 2. The van der Waals surface area contributed by atoms with Crippen LogP contribution in [0, 0.1) is 0 Å². The number of carbonyl (C=O) groups is 1. The van der Waals surface area contributed by atoms with Gasteiger partial charge in [-0.3, -0.25) is 14.4 Å². The number of piperazine rings is 1. The third-order valence-corrected chi connectivity index (χ3v) is 4.47. The molecule has 0 aromatic carbocycles. The molecule has 1 amide bonds. The minimum Gasteiger partial charge on any atom is -0.391 e. The number of hydrogen-bond donors (Lipinski definition) is 1. The molecule has 0 unspecified atom stereocenters. The van der Waals surface area contributed by atoms with E-state index in [1.807, 2.05) is 11.9 Å². The number of rotatable bonds is 2. The number of hydrogen-bond acceptors (Lipinski definition) is 4. The van der Waals surface area contributed by atoms with Crippen molar-refractivity contribution in [1.29, 1.82) is 0 Å². The maximum absolute atomic E-state index is 12.3. The first kappa shape index (κ1) is 13.6. The van der Waals surface area contributed by atoms with Crippen LogP contribution in [0.1, 0.15) is 29.6 Å². The van der Waals surface area contributed by atoms with Crippen molar-refractivity contribution >= 4 is 5.91 Å². The molecule has 0 bridgehead atoms. The van der Waals surface area contributed by atoms with Gasteiger partial charge in [-0.1, -0.05) is 0 Å². The van der Waals surface area contributed by atoms with Crippen LogP contribution in [-0.2, 0) is 7.05 Å². The number of carbonyl (C=O) groups excluding carboxylic acids is 1. The zero-order valence-electron chi connectivity index (χ0n) is 11.9. The average molecular weight is 278 g/mol. The van der Waals surface area contributed by atoms with Crippen LogP contribution in [0.25, 0.3) is 0 Å². The first-order valence-electron chi connectivity index (χ1n) is 7.35. The minimum atomic E-state index is -0.185. The van der Waals surface area contributed by atoms with Crippen LogP contribution >= 0.6 is 0 Å². The van der Waals surface area contributed by atoms with E-state index in [2.05, 4.69) is 10.00 Å². The zero-order chi connectivity index (χ0) is 14.1. The molecule has 2 heterocycles. The topological polar surface area (TPSA) is 61.6 Å². The molecule has 1 aromatic heterocycles. The van der Waals surface area contributed by atoms with E-state index in [4.69, 9.17) is 0 Å². The fourth-order valence-electron chi connectivity index (χ4n) is 3.32. The van der Waals surface area contributed by atoms with Crippen molar-refractivity contribution < 1.29 is 9.90 Å². The van der Waals surface area contributed by atoms with Gasteiger partial charge < -0.3 is 10.0 Å². The number of amides is 1. The van der Waals surface area contributed by atoms with E-state index in [0.717, 1.165) is 45.4 Å². The third-order valence-electron chi connectivity index (χ3n) is 4.47. The van der Waals surface area contributed by atoms with E-state index in [0.29, 0.717) is 11.6 Å². The first-order chi connectivity index (χ1) is 9.65. The van der Waals surface area contributed by atoms with Gasteiger partial charge in [0.25, 0.3) is 5.91 Å². The Kier molecular flexibility index (Phi) is 3.76. The van der Waals surface area contributed by atoms with Gasteiger partial charge in [0.15, 0.2) is 0 Å². The Morgan fingerprint density at radius 1 is 1.30 bits per heavy atom. The van der Waals surface area contributed by atoms with Crippen molar-refractivity contribution in [2.45, 2.75) is 31.4 Å². The Morgan fingerprint density at radius 3 is 2.60 bits per heavy atom. The Hall–Kier alpha value is -1.40. The Bertz CT molecular complexity index is 479. The van der Waals surface area contributed by atoms with Gasteiger partial charge >= 0.3 is 0 Å². The summed E-state index contributed by atoms with van der Waals surface area (Å²) in [6.07, 6.45) is 6.30. The monoisotopic (exact) mass is 278 g/mol. The summed E-state index contributed by atoms with van der Waals surface area (Å²) < 4.78 is 1.65. The lowest BCUT2D eigenvalue weighted by Crippen LogP contribution is -2.53. The van der Waals surface area contributed by atoms with Gasteiger partial charge in [0.2, 0.25) is 0 Å². The first-order valence-corrected chi connectivity index (χ1v) is 7.35. The molecular formula is C14H22N4O2. The van der Waals surface area contributed by atoms with Gasteiger partial charge in [-0.25, -0.2) is 0 Å². The predicted molar refractivity (Wildman–Crippen MR) is 74.3 cm³/mol. The maximum atomic E-state index is 12.3. The van der Waals surface area contributed by atoms with Crippen LogP contribution < -0.4 is 0 Å². The van der Waals surface area contributed by atoms with Gasteiger partial charge in [-0.05, 0) is 19.3 Å². The SMILES string of the molecule is Cn1cc(C(=O)N2CCN([C@@H]3CCC[C@H]3O)CC2)cn1. The molecule has 1 aliphatic heterocycles. The maximum Gasteiger partial charge on any atom is 0.257 e. The highest BCUT2D eigenvalue weighted by atomic mass is 16.3. The molecule has 1 saturated heterocycles. The summed E-state index contributed by atoms with van der Waals surface area (Å²) >= 11 is 0. The molecule has 1 aliphatic carbocycles. The number of aryl methyl sites for hydroxylation is 1. The zero-order valence-corrected chi connectivity index (χ0v) is 11.9. The summed E-state index contributed by atoms with van der Waals surface area (Å²) in [6, 6.07) is 0.297. The van der Waals surface area contributed by atoms with Crippen molar-refractivity contribution in [2.24, 2.45) is 7.05 Å². The second-order valence-electron chi connectivity index (χ2n) is 5.80. The van der Waals surface area contributed by atoms with Crippen LogP contribution in [0.5, 0.6) is 0 Å². The lowest BCUT2D eigenvalue weighted by molar-refractivity contribution is 0.0315. The van der Waals surface area contributed by atoms with Gasteiger partial charge in [0, 0.05) is 45.5 Å². The molecule has 1 N–H and O–H groups in total. The summed E-state index contributed by atoms with van der Waals surface area (Å²) in [5, 5.41) is 14.0. The van der Waals surface area contributed by atoms with E-state index in [9.17, 15) is 9.90 Å². The van der Waals surface area contributed by atoms with Crippen LogP contribution in [0.2, 0.25) is 0 Å². The normalized spacial score (nSPS) is 28.0. The van der Waals surface area contributed by atoms with Crippen molar-refractivity contribution in [2.75, 3.05) is 26.2 Å². The molecule has 6 heteroatoms. The lowest BCUT2D eigenvalue weighted by Gasteiger charge is -2.39. The predicted octanol–water partition coefficient (Wildman–Crippen LogP) is 0.0913. The van der Waals surface area contributed by atoms with Crippen LogP contribution in [0.15, 0.2) is 12.4 Å². The molecule has 0 radical (unpaired) electrons. The molecule has 2 atom stereocenters. The number of aliphatic hydroxyl groups is 1. The molecule has 1 aromatic rings. The lowest BCUT2D eigenvalue weighted by atomic mass is 10.1. The molecule has 20 heavy (non-hydrogen) atoms. The third kappa shape index (κ3) is 2.58. The largest absolute Gasteiger partial charge is 0.391 e. The van der Waals surface area contributed by atoms with Crippen LogP contribution in [-0.4, -0.2) is 68.9 Å². The van der Waals surface area contributed by atoms with Gasteiger partial charge in [0.05, 0.1) is 17.9 Å². The standard InChI is InChI=1S/C14H22N4O2/c1-16-10-11(9-15-16)14(20)18-7-5-17(6-8-18)12-3-2-4-13(12)19/h9-10,12-13,19H,2-8H2,1H3/t12-,13-/m1/s1. The fraction of sp³-hybridized carbons (Fsp3) is 0.714. The van der Waals surface area contributed by atoms with E-state index >= 15 is 0 Å². The fourth-order valence-corrected chi connectivity index (χ4v) is 3.32. The molecule has 2 aliphatic rings. The van der Waals surface area contributed by atoms with Gasteiger partial charge in [-0.2, -0.15) is 5.10 Å². The Balaban J connectivity index is 1.57. The summed E-state index contributed by atoms with van der Waals surface area (Å²) in [7, 11) is 1.82. The summed E-state index contributed by atoms with van der Waals surface area (Å²) in [5.41, 5.74) is 0.654. The molecule has 2 fully saturated rings. The highest BCUT2D eigenvalue weighted by Gasteiger charge is 2.33. The van der Waals surface area contributed by atoms with Crippen LogP contribution in [0.4, 0.5) is 0 Å². The molecule has 3 rings (SSSR count). The molecule has 6 nitrogen and oxygen atoms in total. The second kappa shape index (κ2) is 5.54. The molecule has 1 saturated carbocycles. The van der Waals surface area contributed by atoms with Crippen LogP contribution in [0.3, 0.4) is 0 Å². The minimum absolute atomic E-state index is 0.0599. The van der Waals surface area contributed by atoms with Crippen molar-refractivity contribution in [1.82, 2.24) is 19.6 Å². The van der Waals surface area contributed by atoms with E-state index < -0.39 is 0 Å². The summed E-state index contributed by atoms with van der Waals surface area (Å²) in [6.45, 7) is 3.18. The van der Waals surface area contributed by atoms with E-state index in [1.165, 1.54) is 0 Å². The quantitative estimate of drug-likeness (QED) is 0.833. The smallest absolute Gasteiger partial charge is 0.257 e. The number of nitrogens with zero attached hydrogens (tertiary/aromatic N) is 4. The highest BCUT2D eigenvalue weighted by Crippen LogP contribution is 2.25. The van der Waals surface area contributed by atoms with E-state index in [1.54, 1.807) is 17.1 Å². The van der Waals surface area contributed by atoms with Crippen molar-refractivity contribution in [3.05, 3.63) is 18.0 Å². The van der Waals surface area contributed by atoms with Crippen molar-refractivity contribution in [3.8, 4) is 0 Å². The Labute approximate surface area is 119 Å². The molecule has 0 spiro atoms. The molecular weight excluding hydrogens is 256 g/mol. The summed E-state index contributed by atoms with van der Waals surface area (Å²) in [4.78, 5) is 16.5. The van der Waals surface area contributed by atoms with E-state index in [-0.39, 0.29) is 12.0 Å². The van der Waals surface area contributed by atoms with Crippen molar-refractivity contribution in [3.63, 3.8) is 0 Å². The average Bonchev–Trinajstić information content (AvgIpc) is 3.07.